The number of para-hydroxylation sites is 2. The van der Waals surface area contributed by atoms with E-state index in [-0.39, 0.29) is 5.91 Å². The molecule has 0 radical (unpaired) electrons. The van der Waals surface area contributed by atoms with Crippen molar-refractivity contribution in [2.24, 2.45) is 0 Å². The molecule has 2 aromatic carbocycles. The zero-order valence-corrected chi connectivity index (χ0v) is 19.4. The highest BCUT2D eigenvalue weighted by Gasteiger charge is 2.13. The summed E-state index contributed by atoms with van der Waals surface area (Å²) in [7, 11) is 0. The quantitative estimate of drug-likeness (QED) is 0.359. The van der Waals surface area contributed by atoms with E-state index in [1.165, 1.54) is 11.1 Å². The normalized spacial score (nSPS) is 11.2. The molecule has 2 aromatic heterocycles. The Hall–Kier alpha value is -3.67. The van der Waals surface area contributed by atoms with Crippen molar-refractivity contribution in [3.8, 4) is 5.75 Å². The van der Waals surface area contributed by atoms with Crippen molar-refractivity contribution < 1.29 is 9.53 Å². The van der Waals surface area contributed by atoms with Crippen LogP contribution in [-0.2, 0) is 13.1 Å². The topological polar surface area (TPSA) is 69.0 Å². The van der Waals surface area contributed by atoms with Crippen LogP contribution in [0.25, 0.3) is 11.0 Å². The third-order valence-electron chi connectivity index (χ3n) is 5.64. The average molecular weight is 443 g/mol. The predicted octanol–water partition coefficient (Wildman–Crippen LogP) is 5.26. The highest BCUT2D eigenvalue weighted by molar-refractivity contribution is 5.93. The van der Waals surface area contributed by atoms with E-state index >= 15 is 0 Å². The number of aromatic nitrogens is 3. The Morgan fingerprint density at radius 3 is 2.76 bits per heavy atom. The number of hydrogen-bond acceptors (Lipinski definition) is 4. The maximum absolute atomic E-state index is 12.5. The van der Waals surface area contributed by atoms with Gasteiger partial charge in [-0.3, -0.25) is 9.78 Å². The van der Waals surface area contributed by atoms with Crippen LogP contribution < -0.4 is 10.1 Å². The molecule has 4 aromatic rings. The number of benzene rings is 2. The van der Waals surface area contributed by atoms with Crippen molar-refractivity contribution in [1.82, 2.24) is 19.9 Å². The Kier molecular flexibility index (Phi) is 7.03. The number of pyridine rings is 1. The molecule has 0 saturated carbocycles. The summed E-state index contributed by atoms with van der Waals surface area (Å²) in [5, 5.41) is 2.97. The second kappa shape index (κ2) is 10.3. The van der Waals surface area contributed by atoms with E-state index in [1.807, 2.05) is 18.2 Å². The number of fused-ring (bicyclic) bond motifs is 1. The number of aryl methyl sites for hydroxylation is 2. The Morgan fingerprint density at radius 1 is 1.12 bits per heavy atom. The number of carbonyl (C=O) groups is 1. The zero-order chi connectivity index (χ0) is 23.2. The third-order valence-corrected chi connectivity index (χ3v) is 5.64. The minimum atomic E-state index is -0.161. The van der Waals surface area contributed by atoms with Crippen LogP contribution in [-0.4, -0.2) is 27.0 Å². The molecule has 0 aliphatic heterocycles. The maximum Gasteiger partial charge on any atom is 0.253 e. The lowest BCUT2D eigenvalue weighted by Crippen LogP contribution is -2.25. The highest BCUT2D eigenvalue weighted by atomic mass is 16.5. The summed E-state index contributed by atoms with van der Waals surface area (Å²) < 4.78 is 8.34. The molecule has 1 N–H and O–H groups in total. The van der Waals surface area contributed by atoms with Gasteiger partial charge in [0.25, 0.3) is 5.91 Å². The van der Waals surface area contributed by atoms with Gasteiger partial charge in [-0.25, -0.2) is 4.98 Å². The molecular formula is C27H30N4O2. The van der Waals surface area contributed by atoms with Crippen molar-refractivity contribution in [2.45, 2.75) is 46.2 Å². The molecule has 0 atom stereocenters. The van der Waals surface area contributed by atoms with Crippen LogP contribution in [0.5, 0.6) is 5.75 Å². The molecule has 0 fully saturated rings. The van der Waals surface area contributed by atoms with Gasteiger partial charge in [-0.1, -0.05) is 38.1 Å². The van der Waals surface area contributed by atoms with Crippen molar-refractivity contribution in [2.75, 3.05) is 6.61 Å². The first-order valence-corrected chi connectivity index (χ1v) is 11.4. The van der Waals surface area contributed by atoms with Crippen LogP contribution in [0, 0.1) is 6.92 Å². The fourth-order valence-corrected chi connectivity index (χ4v) is 3.92. The van der Waals surface area contributed by atoms with Gasteiger partial charge in [0.1, 0.15) is 11.6 Å². The number of nitrogens with zero attached hydrogens (tertiary/aromatic N) is 3. The number of ether oxygens (including phenoxy) is 1. The molecule has 0 bridgehead atoms. The SMILES string of the molecule is Cc1ccc(C(C)C)c(OCCCn2c(CNC(=O)c3cccnc3)nc3ccccc32)c1. The Labute approximate surface area is 194 Å². The molecule has 6 heteroatoms. The van der Waals surface area contributed by atoms with Crippen LogP contribution in [0.15, 0.2) is 67.0 Å². The molecule has 170 valence electrons. The van der Waals surface area contributed by atoms with Crippen LogP contribution in [0.1, 0.15) is 53.5 Å². The smallest absolute Gasteiger partial charge is 0.253 e. The van der Waals surface area contributed by atoms with Crippen molar-refractivity contribution in [3.05, 3.63) is 89.5 Å². The van der Waals surface area contributed by atoms with E-state index in [0.717, 1.165) is 35.6 Å². The first-order valence-electron chi connectivity index (χ1n) is 11.4. The summed E-state index contributed by atoms with van der Waals surface area (Å²) in [5.74, 6) is 2.04. The number of imidazole rings is 1. The summed E-state index contributed by atoms with van der Waals surface area (Å²) >= 11 is 0. The minimum absolute atomic E-state index is 0.161. The van der Waals surface area contributed by atoms with Gasteiger partial charge in [-0.15, -0.1) is 0 Å². The summed E-state index contributed by atoms with van der Waals surface area (Å²) in [6, 6.07) is 17.9. The fourth-order valence-electron chi connectivity index (χ4n) is 3.92. The lowest BCUT2D eigenvalue weighted by molar-refractivity contribution is 0.0949. The van der Waals surface area contributed by atoms with E-state index in [1.54, 1.807) is 24.5 Å². The van der Waals surface area contributed by atoms with Gasteiger partial charge < -0.3 is 14.6 Å². The molecule has 0 unspecified atom stereocenters. The fraction of sp³-hybridized carbons (Fsp3) is 0.296. The number of hydrogen-bond donors (Lipinski definition) is 1. The van der Waals surface area contributed by atoms with Crippen LogP contribution >= 0.6 is 0 Å². The van der Waals surface area contributed by atoms with Gasteiger partial charge in [0.15, 0.2) is 0 Å². The maximum atomic E-state index is 12.5. The Bertz CT molecular complexity index is 1230. The Balaban J connectivity index is 1.44. The molecule has 4 rings (SSSR count). The Morgan fingerprint density at radius 2 is 1.97 bits per heavy atom. The van der Waals surface area contributed by atoms with E-state index in [9.17, 15) is 4.79 Å². The van der Waals surface area contributed by atoms with Gasteiger partial charge >= 0.3 is 0 Å². The first-order chi connectivity index (χ1) is 16.0. The summed E-state index contributed by atoms with van der Waals surface area (Å²) in [6.45, 7) is 8.15. The van der Waals surface area contributed by atoms with Crippen molar-refractivity contribution >= 4 is 16.9 Å². The minimum Gasteiger partial charge on any atom is -0.493 e. The molecular weight excluding hydrogens is 412 g/mol. The van der Waals surface area contributed by atoms with Gasteiger partial charge in [-0.2, -0.15) is 0 Å². The summed E-state index contributed by atoms with van der Waals surface area (Å²) in [4.78, 5) is 21.2. The molecule has 6 nitrogen and oxygen atoms in total. The van der Waals surface area contributed by atoms with Gasteiger partial charge in [0, 0.05) is 18.9 Å². The van der Waals surface area contributed by atoms with Crippen LogP contribution in [0.2, 0.25) is 0 Å². The van der Waals surface area contributed by atoms with E-state index in [0.29, 0.717) is 24.6 Å². The number of nitrogens with one attached hydrogen (secondary N) is 1. The molecule has 0 aliphatic rings. The van der Waals surface area contributed by atoms with Crippen LogP contribution in [0.3, 0.4) is 0 Å². The number of rotatable bonds is 9. The van der Waals surface area contributed by atoms with E-state index in [4.69, 9.17) is 9.72 Å². The number of amides is 1. The predicted molar refractivity (Wildman–Crippen MR) is 131 cm³/mol. The van der Waals surface area contributed by atoms with E-state index < -0.39 is 0 Å². The highest BCUT2D eigenvalue weighted by Crippen LogP contribution is 2.27. The number of carbonyl (C=O) groups excluding carboxylic acids is 1. The molecule has 33 heavy (non-hydrogen) atoms. The van der Waals surface area contributed by atoms with Gasteiger partial charge in [0.2, 0.25) is 0 Å². The molecule has 0 spiro atoms. The molecule has 2 heterocycles. The first kappa shape index (κ1) is 22.5. The largest absolute Gasteiger partial charge is 0.493 e. The average Bonchev–Trinajstić information content (AvgIpc) is 3.18. The second-order valence-electron chi connectivity index (χ2n) is 8.49. The standard InChI is InChI=1S/C27H30N4O2/c1-19(2)22-12-11-20(3)16-25(22)33-15-7-14-31-24-10-5-4-9-23(24)30-26(31)18-29-27(32)21-8-6-13-28-17-21/h4-6,8-13,16-17,19H,7,14-15,18H2,1-3H3,(H,29,32). The molecule has 1 amide bonds. The van der Waals surface area contributed by atoms with Gasteiger partial charge in [0.05, 0.1) is 29.7 Å². The molecule has 0 aliphatic carbocycles. The van der Waals surface area contributed by atoms with Crippen molar-refractivity contribution in [3.63, 3.8) is 0 Å². The van der Waals surface area contributed by atoms with E-state index in [2.05, 4.69) is 59.9 Å². The van der Waals surface area contributed by atoms with Crippen LogP contribution in [0.4, 0.5) is 0 Å². The zero-order valence-electron chi connectivity index (χ0n) is 19.4. The van der Waals surface area contributed by atoms with Crippen molar-refractivity contribution in [1.29, 1.82) is 0 Å². The summed E-state index contributed by atoms with van der Waals surface area (Å²) in [5.41, 5.74) is 4.94. The second-order valence-corrected chi connectivity index (χ2v) is 8.49. The lowest BCUT2D eigenvalue weighted by Gasteiger charge is -2.15. The molecule has 0 saturated heterocycles. The van der Waals surface area contributed by atoms with Gasteiger partial charge in [-0.05, 0) is 60.7 Å². The third kappa shape index (κ3) is 5.40. The monoisotopic (exact) mass is 442 g/mol. The summed E-state index contributed by atoms with van der Waals surface area (Å²) in [6.07, 6.45) is 4.04. The lowest BCUT2D eigenvalue weighted by atomic mass is 10.0.